The number of aromatic nitrogens is 1. The van der Waals surface area contributed by atoms with Crippen LogP contribution in [0.2, 0.25) is 0 Å². The van der Waals surface area contributed by atoms with Gasteiger partial charge in [-0.3, -0.25) is 4.98 Å². The molecule has 1 heterocycles. The second-order valence-electron chi connectivity index (χ2n) is 3.60. The van der Waals surface area contributed by atoms with E-state index in [0.717, 1.165) is 12.0 Å². The summed E-state index contributed by atoms with van der Waals surface area (Å²) >= 11 is 0. The molecule has 0 aliphatic carbocycles. The van der Waals surface area contributed by atoms with Gasteiger partial charge in [-0.2, -0.15) is 0 Å². The number of benzene rings is 1. The molecule has 0 saturated carbocycles. The first kappa shape index (κ1) is 11.1. The zero-order valence-electron chi connectivity index (χ0n) is 9.17. The van der Waals surface area contributed by atoms with Gasteiger partial charge >= 0.3 is 6.09 Å². The molecule has 0 aliphatic rings. The van der Waals surface area contributed by atoms with Gasteiger partial charge in [0.15, 0.2) is 0 Å². The minimum atomic E-state index is -0.799. The predicted molar refractivity (Wildman–Crippen MR) is 63.7 cm³/mol. The maximum Gasteiger partial charge on any atom is 0.409 e. The fraction of sp³-hybridized carbons (Fsp3) is 0.0769. The van der Waals surface area contributed by atoms with Crippen LogP contribution >= 0.6 is 0 Å². The quantitative estimate of drug-likeness (QED) is 0.875. The average Bonchev–Trinajstić information content (AvgIpc) is 2.32. The summed E-state index contributed by atoms with van der Waals surface area (Å²) in [5, 5.41) is 0. The molecule has 0 spiro atoms. The van der Waals surface area contributed by atoms with Crippen molar-refractivity contribution in [2.45, 2.75) is 6.42 Å². The lowest BCUT2D eigenvalue weighted by molar-refractivity contribution is 0.211. The summed E-state index contributed by atoms with van der Waals surface area (Å²) in [6.07, 6.45) is 3.55. The van der Waals surface area contributed by atoms with Gasteiger partial charge in [-0.25, -0.2) is 4.79 Å². The number of amides is 1. The highest BCUT2D eigenvalue weighted by Crippen LogP contribution is 2.14. The summed E-state index contributed by atoms with van der Waals surface area (Å²) < 4.78 is 4.75. The van der Waals surface area contributed by atoms with Crippen LogP contribution in [-0.2, 0) is 6.42 Å². The normalized spacial score (nSPS) is 9.88. The standard InChI is InChI=1S/C13H12N2O2/c14-13(16)17-12-3-1-10(2-4-12)9-11-5-7-15-8-6-11/h1-8H,9H2,(H2,14,16). The molecule has 0 radical (unpaired) electrons. The molecule has 0 saturated heterocycles. The first-order valence-corrected chi connectivity index (χ1v) is 5.19. The van der Waals surface area contributed by atoms with Crippen molar-refractivity contribution in [2.24, 2.45) is 5.73 Å². The van der Waals surface area contributed by atoms with E-state index in [0.29, 0.717) is 5.75 Å². The molecule has 17 heavy (non-hydrogen) atoms. The highest BCUT2D eigenvalue weighted by Gasteiger charge is 1.99. The Labute approximate surface area is 99.1 Å². The summed E-state index contributed by atoms with van der Waals surface area (Å²) in [5.41, 5.74) is 7.23. The van der Waals surface area contributed by atoms with Gasteiger partial charge in [-0.1, -0.05) is 12.1 Å². The first-order chi connectivity index (χ1) is 8.24. The summed E-state index contributed by atoms with van der Waals surface area (Å²) in [6.45, 7) is 0. The molecular formula is C13H12N2O2. The van der Waals surface area contributed by atoms with Crippen molar-refractivity contribution in [2.75, 3.05) is 0 Å². The molecule has 2 rings (SSSR count). The van der Waals surface area contributed by atoms with Crippen LogP contribution in [0.3, 0.4) is 0 Å². The Bertz CT molecular complexity index is 495. The van der Waals surface area contributed by atoms with Gasteiger partial charge < -0.3 is 10.5 Å². The summed E-state index contributed by atoms with van der Waals surface area (Å²) in [5.74, 6) is 0.455. The second kappa shape index (κ2) is 5.12. The number of carbonyl (C=O) groups is 1. The van der Waals surface area contributed by atoms with Crippen LogP contribution in [0.5, 0.6) is 5.75 Å². The number of pyridine rings is 1. The smallest absolute Gasteiger partial charge is 0.409 e. The van der Waals surface area contributed by atoms with Gasteiger partial charge in [0.25, 0.3) is 0 Å². The SMILES string of the molecule is NC(=O)Oc1ccc(Cc2ccncc2)cc1. The van der Waals surface area contributed by atoms with Crippen molar-refractivity contribution < 1.29 is 9.53 Å². The van der Waals surface area contributed by atoms with Gasteiger partial charge in [0.1, 0.15) is 5.75 Å². The fourth-order valence-electron chi connectivity index (χ4n) is 1.53. The summed E-state index contributed by atoms with van der Waals surface area (Å²) in [4.78, 5) is 14.5. The van der Waals surface area contributed by atoms with E-state index in [1.54, 1.807) is 24.5 Å². The van der Waals surface area contributed by atoms with E-state index in [1.807, 2.05) is 24.3 Å². The number of hydrogen-bond donors (Lipinski definition) is 1. The van der Waals surface area contributed by atoms with Crippen LogP contribution in [-0.4, -0.2) is 11.1 Å². The lowest BCUT2D eigenvalue weighted by atomic mass is 10.1. The van der Waals surface area contributed by atoms with Crippen LogP contribution in [0.4, 0.5) is 4.79 Å². The minimum absolute atomic E-state index is 0.455. The van der Waals surface area contributed by atoms with Crippen molar-refractivity contribution in [1.82, 2.24) is 4.98 Å². The molecule has 0 aliphatic heterocycles. The van der Waals surface area contributed by atoms with Crippen molar-refractivity contribution >= 4 is 6.09 Å². The second-order valence-corrected chi connectivity index (χ2v) is 3.60. The zero-order chi connectivity index (χ0) is 12.1. The van der Waals surface area contributed by atoms with Gasteiger partial charge in [0, 0.05) is 12.4 Å². The van der Waals surface area contributed by atoms with Crippen LogP contribution in [0.25, 0.3) is 0 Å². The molecular weight excluding hydrogens is 216 g/mol. The third kappa shape index (κ3) is 3.31. The van der Waals surface area contributed by atoms with Gasteiger partial charge in [-0.05, 0) is 41.8 Å². The van der Waals surface area contributed by atoms with E-state index in [-0.39, 0.29) is 0 Å². The number of nitrogens with two attached hydrogens (primary N) is 1. The van der Waals surface area contributed by atoms with E-state index in [1.165, 1.54) is 5.56 Å². The Hall–Kier alpha value is -2.36. The van der Waals surface area contributed by atoms with E-state index < -0.39 is 6.09 Å². The summed E-state index contributed by atoms with van der Waals surface area (Å²) in [7, 11) is 0. The maximum absolute atomic E-state index is 10.5. The van der Waals surface area contributed by atoms with Crippen molar-refractivity contribution in [1.29, 1.82) is 0 Å². The van der Waals surface area contributed by atoms with Crippen LogP contribution < -0.4 is 10.5 Å². The summed E-state index contributed by atoms with van der Waals surface area (Å²) in [6, 6.07) is 11.2. The van der Waals surface area contributed by atoms with Crippen molar-refractivity contribution in [3.05, 3.63) is 59.9 Å². The van der Waals surface area contributed by atoms with E-state index in [9.17, 15) is 4.79 Å². The Kier molecular flexibility index (Phi) is 3.35. The number of nitrogens with zero attached hydrogens (tertiary/aromatic N) is 1. The molecule has 0 fully saturated rings. The fourth-order valence-corrected chi connectivity index (χ4v) is 1.53. The Balaban J connectivity index is 2.06. The topological polar surface area (TPSA) is 65.2 Å². The highest BCUT2D eigenvalue weighted by molar-refractivity contribution is 5.68. The monoisotopic (exact) mass is 228 g/mol. The molecule has 0 unspecified atom stereocenters. The number of hydrogen-bond acceptors (Lipinski definition) is 3. The highest BCUT2D eigenvalue weighted by atomic mass is 16.5. The van der Waals surface area contributed by atoms with E-state index in [4.69, 9.17) is 10.5 Å². The lowest BCUT2D eigenvalue weighted by Crippen LogP contribution is -2.16. The molecule has 4 nitrogen and oxygen atoms in total. The number of rotatable bonds is 3. The maximum atomic E-state index is 10.5. The third-order valence-electron chi connectivity index (χ3n) is 2.30. The average molecular weight is 228 g/mol. The van der Waals surface area contributed by atoms with Crippen molar-refractivity contribution in [3.63, 3.8) is 0 Å². The largest absolute Gasteiger partial charge is 0.411 e. The van der Waals surface area contributed by atoms with Crippen LogP contribution in [0.1, 0.15) is 11.1 Å². The van der Waals surface area contributed by atoms with Gasteiger partial charge in [0.05, 0.1) is 0 Å². The molecule has 86 valence electrons. The Morgan fingerprint density at radius 3 is 2.24 bits per heavy atom. The Morgan fingerprint density at radius 2 is 1.65 bits per heavy atom. The van der Waals surface area contributed by atoms with Crippen LogP contribution in [0.15, 0.2) is 48.8 Å². The predicted octanol–water partition coefficient (Wildman–Crippen LogP) is 2.13. The number of carbonyl (C=O) groups excluding carboxylic acids is 1. The minimum Gasteiger partial charge on any atom is -0.411 e. The molecule has 1 aromatic carbocycles. The zero-order valence-corrected chi connectivity index (χ0v) is 9.17. The molecule has 1 amide bonds. The Morgan fingerprint density at radius 1 is 1.06 bits per heavy atom. The molecule has 2 N–H and O–H groups in total. The first-order valence-electron chi connectivity index (χ1n) is 5.19. The lowest BCUT2D eigenvalue weighted by Gasteiger charge is -2.03. The van der Waals surface area contributed by atoms with Crippen molar-refractivity contribution in [3.8, 4) is 5.75 Å². The van der Waals surface area contributed by atoms with E-state index in [2.05, 4.69) is 4.98 Å². The number of primary amides is 1. The van der Waals surface area contributed by atoms with Gasteiger partial charge in [0.2, 0.25) is 0 Å². The molecule has 1 aromatic heterocycles. The van der Waals surface area contributed by atoms with Crippen LogP contribution in [0, 0.1) is 0 Å². The third-order valence-corrected chi connectivity index (χ3v) is 2.30. The number of ether oxygens (including phenoxy) is 1. The van der Waals surface area contributed by atoms with Gasteiger partial charge in [-0.15, -0.1) is 0 Å². The molecule has 4 heteroatoms. The van der Waals surface area contributed by atoms with E-state index >= 15 is 0 Å². The molecule has 0 bridgehead atoms. The molecule has 0 atom stereocenters. The molecule has 2 aromatic rings.